The summed E-state index contributed by atoms with van der Waals surface area (Å²) in [6, 6.07) is 4.17. The van der Waals surface area contributed by atoms with E-state index in [1.54, 1.807) is 11.8 Å². The van der Waals surface area contributed by atoms with E-state index in [-0.39, 0.29) is 18.5 Å². The fourth-order valence-electron chi connectivity index (χ4n) is 2.13. The van der Waals surface area contributed by atoms with Crippen LogP contribution in [0.25, 0.3) is 11.0 Å². The Hall–Kier alpha value is -0.690. The number of halogens is 1. The van der Waals surface area contributed by atoms with E-state index in [1.807, 2.05) is 27.0 Å². The fourth-order valence-corrected chi connectivity index (χ4v) is 3.62. The van der Waals surface area contributed by atoms with E-state index in [1.165, 1.54) is 3.57 Å². The summed E-state index contributed by atoms with van der Waals surface area (Å²) < 4.78 is 12.3. The molecule has 0 aliphatic heterocycles. The van der Waals surface area contributed by atoms with E-state index in [0.29, 0.717) is 5.76 Å². The van der Waals surface area contributed by atoms with Gasteiger partial charge in [-0.15, -0.1) is 11.8 Å². The minimum Gasteiger partial charge on any atom is -0.463 e. The molecular weight excluding hydrogens is 387 g/mol. The van der Waals surface area contributed by atoms with Gasteiger partial charge in [-0.1, -0.05) is 0 Å². The first kappa shape index (κ1) is 15.7. The van der Waals surface area contributed by atoms with Crippen LogP contribution in [0.1, 0.15) is 25.2 Å². The SMILES string of the molecule is CSc1c(CC(=O)OC(C)C)oc2c(C)cc(I)cc12. The van der Waals surface area contributed by atoms with Crippen LogP contribution in [0.2, 0.25) is 0 Å². The number of benzene rings is 1. The first-order valence-electron chi connectivity index (χ1n) is 6.37. The number of esters is 1. The van der Waals surface area contributed by atoms with Crippen molar-refractivity contribution in [2.75, 3.05) is 6.26 Å². The van der Waals surface area contributed by atoms with E-state index in [0.717, 1.165) is 21.4 Å². The van der Waals surface area contributed by atoms with Crippen molar-refractivity contribution in [2.24, 2.45) is 0 Å². The highest BCUT2D eigenvalue weighted by Gasteiger charge is 2.19. The van der Waals surface area contributed by atoms with Crippen molar-refractivity contribution < 1.29 is 13.9 Å². The van der Waals surface area contributed by atoms with Gasteiger partial charge >= 0.3 is 5.97 Å². The lowest BCUT2D eigenvalue weighted by Gasteiger charge is -2.06. The first-order valence-corrected chi connectivity index (χ1v) is 8.67. The molecule has 0 amide bonds. The molecule has 0 aliphatic carbocycles. The highest BCUT2D eigenvalue weighted by atomic mass is 127. The summed E-state index contributed by atoms with van der Waals surface area (Å²) in [6.07, 6.45) is 2.07. The summed E-state index contributed by atoms with van der Waals surface area (Å²) in [5, 5.41) is 1.08. The van der Waals surface area contributed by atoms with Crippen molar-refractivity contribution in [1.82, 2.24) is 0 Å². The van der Waals surface area contributed by atoms with Crippen molar-refractivity contribution >= 4 is 51.3 Å². The second-order valence-corrected chi connectivity index (χ2v) is 6.94. The molecule has 3 nitrogen and oxygen atoms in total. The Morgan fingerprint density at radius 1 is 1.45 bits per heavy atom. The maximum Gasteiger partial charge on any atom is 0.313 e. The predicted molar refractivity (Wildman–Crippen MR) is 90.4 cm³/mol. The fraction of sp³-hybridized carbons (Fsp3) is 0.400. The van der Waals surface area contributed by atoms with E-state index < -0.39 is 0 Å². The summed E-state index contributed by atoms with van der Waals surface area (Å²) >= 11 is 3.90. The van der Waals surface area contributed by atoms with Crippen molar-refractivity contribution in [2.45, 2.75) is 38.2 Å². The van der Waals surface area contributed by atoms with Crippen LogP contribution in [-0.2, 0) is 16.0 Å². The molecule has 0 aliphatic rings. The third-order valence-corrected chi connectivity index (χ3v) is 4.32. The highest BCUT2D eigenvalue weighted by Crippen LogP contribution is 2.36. The summed E-state index contributed by atoms with van der Waals surface area (Å²) in [4.78, 5) is 12.9. The Balaban J connectivity index is 2.43. The molecule has 0 unspecified atom stereocenters. The van der Waals surface area contributed by atoms with E-state index in [2.05, 4.69) is 34.7 Å². The Bertz CT molecular complexity index is 646. The number of rotatable bonds is 4. The number of furan rings is 1. The molecule has 0 saturated carbocycles. The second kappa shape index (κ2) is 6.39. The summed E-state index contributed by atoms with van der Waals surface area (Å²) in [7, 11) is 0. The van der Waals surface area contributed by atoms with Crippen LogP contribution in [0.3, 0.4) is 0 Å². The predicted octanol–water partition coefficient (Wildman–Crippen LogP) is 4.56. The van der Waals surface area contributed by atoms with Crippen LogP contribution in [0, 0.1) is 10.5 Å². The molecule has 0 spiro atoms. The van der Waals surface area contributed by atoms with Crippen LogP contribution >= 0.6 is 34.4 Å². The summed E-state index contributed by atoms with van der Waals surface area (Å²) in [6.45, 7) is 5.71. The number of carbonyl (C=O) groups excluding carboxylic acids is 1. The maximum atomic E-state index is 11.8. The third kappa shape index (κ3) is 3.31. The average Bonchev–Trinajstić information content (AvgIpc) is 2.65. The van der Waals surface area contributed by atoms with E-state index in [9.17, 15) is 4.79 Å². The zero-order valence-electron chi connectivity index (χ0n) is 12.0. The van der Waals surface area contributed by atoms with Gasteiger partial charge in [0.15, 0.2) is 0 Å². The normalized spacial score (nSPS) is 11.3. The molecule has 20 heavy (non-hydrogen) atoms. The van der Waals surface area contributed by atoms with Gasteiger partial charge in [0.1, 0.15) is 17.8 Å². The average molecular weight is 404 g/mol. The van der Waals surface area contributed by atoms with Gasteiger partial charge in [0.25, 0.3) is 0 Å². The molecule has 0 atom stereocenters. The third-order valence-electron chi connectivity index (χ3n) is 2.84. The number of ether oxygens (including phenoxy) is 1. The van der Waals surface area contributed by atoms with Gasteiger partial charge in [0, 0.05) is 8.96 Å². The minimum atomic E-state index is -0.248. The Morgan fingerprint density at radius 2 is 2.15 bits per heavy atom. The van der Waals surface area contributed by atoms with Gasteiger partial charge in [-0.05, 0) is 67.3 Å². The molecule has 0 radical (unpaired) electrons. The number of carbonyl (C=O) groups is 1. The van der Waals surface area contributed by atoms with Crippen molar-refractivity contribution in [1.29, 1.82) is 0 Å². The number of hydrogen-bond donors (Lipinski definition) is 0. The summed E-state index contributed by atoms with van der Waals surface area (Å²) in [5.41, 5.74) is 1.95. The molecule has 1 aromatic carbocycles. The second-order valence-electron chi connectivity index (χ2n) is 4.87. The minimum absolute atomic E-state index is 0.104. The van der Waals surface area contributed by atoms with Crippen molar-refractivity contribution in [3.63, 3.8) is 0 Å². The van der Waals surface area contributed by atoms with Crippen LogP contribution in [0.4, 0.5) is 0 Å². The Morgan fingerprint density at radius 3 is 2.75 bits per heavy atom. The van der Waals surface area contributed by atoms with Crippen molar-refractivity contribution in [3.8, 4) is 0 Å². The molecule has 2 aromatic rings. The Labute approximate surface area is 136 Å². The molecule has 0 bridgehead atoms. The zero-order valence-corrected chi connectivity index (χ0v) is 14.9. The monoisotopic (exact) mass is 404 g/mol. The highest BCUT2D eigenvalue weighted by molar-refractivity contribution is 14.1. The lowest BCUT2D eigenvalue weighted by molar-refractivity contribution is -0.146. The Kier molecular flexibility index (Phi) is 5.01. The number of aryl methyl sites for hydroxylation is 1. The van der Waals surface area contributed by atoms with Crippen LogP contribution < -0.4 is 0 Å². The first-order chi connectivity index (χ1) is 9.42. The van der Waals surface area contributed by atoms with Gasteiger partial charge in [-0.2, -0.15) is 0 Å². The molecule has 1 heterocycles. The van der Waals surface area contributed by atoms with Gasteiger partial charge in [-0.3, -0.25) is 4.79 Å². The lowest BCUT2D eigenvalue weighted by Crippen LogP contribution is -2.13. The molecule has 5 heteroatoms. The molecule has 2 rings (SSSR count). The molecule has 0 fully saturated rings. The number of hydrogen-bond acceptors (Lipinski definition) is 4. The van der Waals surface area contributed by atoms with Gasteiger partial charge in [0.2, 0.25) is 0 Å². The van der Waals surface area contributed by atoms with Crippen LogP contribution in [0.5, 0.6) is 0 Å². The van der Waals surface area contributed by atoms with Crippen molar-refractivity contribution in [3.05, 3.63) is 27.0 Å². The van der Waals surface area contributed by atoms with E-state index in [4.69, 9.17) is 9.15 Å². The zero-order chi connectivity index (χ0) is 14.9. The van der Waals surface area contributed by atoms with E-state index >= 15 is 0 Å². The lowest BCUT2D eigenvalue weighted by atomic mass is 10.2. The maximum absolute atomic E-state index is 11.8. The number of fused-ring (bicyclic) bond motifs is 1. The molecular formula is C15H17IO3S. The smallest absolute Gasteiger partial charge is 0.313 e. The largest absolute Gasteiger partial charge is 0.463 e. The standard InChI is InChI=1S/C15H17IO3S/c1-8(2)18-13(17)7-12-15(20-4)11-6-10(16)5-9(3)14(11)19-12/h5-6,8H,7H2,1-4H3. The van der Waals surface area contributed by atoms with Crippen LogP contribution in [0.15, 0.2) is 21.4 Å². The van der Waals surface area contributed by atoms with Gasteiger partial charge in [-0.25, -0.2) is 0 Å². The summed E-state index contributed by atoms with van der Waals surface area (Å²) in [5.74, 6) is 0.449. The molecule has 0 saturated heterocycles. The molecule has 108 valence electrons. The van der Waals surface area contributed by atoms with Gasteiger partial charge in [0.05, 0.1) is 11.0 Å². The molecule has 0 N–H and O–H groups in total. The number of thioether (sulfide) groups is 1. The topological polar surface area (TPSA) is 39.4 Å². The van der Waals surface area contributed by atoms with Crippen LogP contribution in [-0.4, -0.2) is 18.3 Å². The molecule has 1 aromatic heterocycles. The quantitative estimate of drug-likeness (QED) is 0.426. The van der Waals surface area contributed by atoms with Gasteiger partial charge < -0.3 is 9.15 Å².